The molecule has 2 aromatic heterocycles. The van der Waals surface area contributed by atoms with Gasteiger partial charge in [0.05, 0.1) is 24.0 Å². The van der Waals surface area contributed by atoms with Gasteiger partial charge in [-0.25, -0.2) is 19.3 Å². The lowest BCUT2D eigenvalue weighted by molar-refractivity contribution is -0.115. The summed E-state index contributed by atoms with van der Waals surface area (Å²) in [5, 5.41) is 9.08. The first-order valence-corrected chi connectivity index (χ1v) is 10.6. The number of fused-ring (bicyclic) bond motifs is 1. The number of likely N-dealkylation sites (N-methyl/N-ethyl adjacent to an activating group) is 1. The smallest absolute Gasteiger partial charge is 0.245 e. The summed E-state index contributed by atoms with van der Waals surface area (Å²) in [4.78, 5) is 26.0. The molecule has 0 atom stereocenters. The normalized spacial score (nSPS) is 15.1. The molecule has 0 bridgehead atoms. The van der Waals surface area contributed by atoms with E-state index in [9.17, 15) is 9.18 Å². The number of hydrogen-bond donors (Lipinski definition) is 2. The summed E-state index contributed by atoms with van der Waals surface area (Å²) >= 11 is 0. The Morgan fingerprint density at radius 3 is 2.34 bits per heavy atom. The molecule has 1 fully saturated rings. The predicted octanol–water partition coefficient (Wildman–Crippen LogP) is 3.28. The molecule has 10 heteroatoms. The molecule has 9 nitrogen and oxygen atoms in total. The van der Waals surface area contributed by atoms with Crippen molar-refractivity contribution >= 4 is 17.5 Å². The lowest BCUT2D eigenvalue weighted by atomic mass is 10.0. The van der Waals surface area contributed by atoms with Crippen LogP contribution >= 0.6 is 0 Å². The maximum atomic E-state index is 14.5. The predicted molar refractivity (Wildman–Crippen MR) is 121 cm³/mol. The van der Waals surface area contributed by atoms with E-state index in [1.807, 2.05) is 6.92 Å². The highest BCUT2D eigenvalue weighted by molar-refractivity contribution is 5.99. The lowest BCUT2D eigenvalue weighted by Crippen LogP contribution is -2.36. The fraction of sp³-hybridized carbons (Fsp3) is 0.409. The first-order chi connectivity index (χ1) is 15.0. The quantitative estimate of drug-likeness (QED) is 0.627. The molecule has 1 aliphatic heterocycles. The molecule has 170 valence electrons. The van der Waals surface area contributed by atoms with Crippen molar-refractivity contribution in [2.75, 3.05) is 23.8 Å². The van der Waals surface area contributed by atoms with Crippen LogP contribution in [0.3, 0.4) is 0 Å². The Balaban J connectivity index is 0.000000360. The molecule has 1 amide bonds. The highest BCUT2D eigenvalue weighted by atomic mass is 19.1. The van der Waals surface area contributed by atoms with Crippen molar-refractivity contribution in [3.05, 3.63) is 36.0 Å². The van der Waals surface area contributed by atoms with Crippen LogP contribution in [0.15, 0.2) is 24.7 Å². The molecule has 5 rings (SSSR count). The molecule has 1 aliphatic carbocycles. The Morgan fingerprint density at radius 1 is 1.03 bits per heavy atom. The Hall–Kier alpha value is -3.40. The molecule has 3 heterocycles. The number of anilines is 2. The summed E-state index contributed by atoms with van der Waals surface area (Å²) in [5.74, 6) is 0.746. The number of benzene rings is 1. The third-order valence-electron chi connectivity index (χ3n) is 5.51. The summed E-state index contributed by atoms with van der Waals surface area (Å²) < 4.78 is 14.5. The number of H-pyrrole nitrogens is 1. The third-order valence-corrected chi connectivity index (χ3v) is 5.51. The molecular formula is C22H28FN7O2. The van der Waals surface area contributed by atoms with E-state index < -0.39 is 5.82 Å². The van der Waals surface area contributed by atoms with Crippen LogP contribution in [0.25, 0.3) is 22.6 Å². The number of aromatic amines is 1. The Bertz CT molecular complexity index is 1060. The van der Waals surface area contributed by atoms with Gasteiger partial charge in [0, 0.05) is 12.6 Å². The van der Waals surface area contributed by atoms with Gasteiger partial charge in [0.1, 0.15) is 12.1 Å². The largest absolute Gasteiger partial charge is 0.412 e. The van der Waals surface area contributed by atoms with Crippen LogP contribution in [0.4, 0.5) is 16.0 Å². The van der Waals surface area contributed by atoms with Crippen molar-refractivity contribution in [3.8, 4) is 22.6 Å². The summed E-state index contributed by atoms with van der Waals surface area (Å²) in [6.45, 7) is 2.06. The number of rotatable bonds is 2. The van der Waals surface area contributed by atoms with Gasteiger partial charge in [0.2, 0.25) is 5.91 Å². The minimum Gasteiger partial charge on any atom is -0.412 e. The highest BCUT2D eigenvalue weighted by Gasteiger charge is 2.23. The van der Waals surface area contributed by atoms with E-state index in [1.54, 1.807) is 18.0 Å². The third kappa shape index (κ3) is 5.08. The van der Waals surface area contributed by atoms with Crippen LogP contribution in [-0.4, -0.2) is 50.1 Å². The van der Waals surface area contributed by atoms with E-state index in [4.69, 9.17) is 0 Å². The summed E-state index contributed by atoms with van der Waals surface area (Å²) in [7, 11) is 1.76. The number of carbonyl (C=O) groups is 1. The summed E-state index contributed by atoms with van der Waals surface area (Å²) in [6.07, 6.45) is 11.9. The fourth-order valence-corrected chi connectivity index (χ4v) is 3.86. The minimum absolute atomic E-state index is 0. The molecule has 0 saturated heterocycles. The van der Waals surface area contributed by atoms with Gasteiger partial charge in [-0.1, -0.05) is 38.5 Å². The average Bonchev–Trinajstić information content (AvgIpc) is 3.31. The van der Waals surface area contributed by atoms with Crippen LogP contribution in [0.1, 0.15) is 44.1 Å². The Kier molecular flexibility index (Phi) is 7.47. The zero-order chi connectivity index (χ0) is 21.8. The van der Waals surface area contributed by atoms with Crippen molar-refractivity contribution in [3.63, 3.8) is 0 Å². The number of nitrogens with zero attached hydrogens (tertiary/aromatic N) is 5. The van der Waals surface area contributed by atoms with E-state index in [0.29, 0.717) is 34.3 Å². The van der Waals surface area contributed by atoms with Crippen LogP contribution in [-0.2, 0) is 4.79 Å². The first-order valence-electron chi connectivity index (χ1n) is 10.6. The molecule has 0 spiro atoms. The first kappa shape index (κ1) is 23.3. The molecule has 3 aromatic rings. The second kappa shape index (κ2) is 10.3. The van der Waals surface area contributed by atoms with E-state index in [1.165, 1.54) is 57.1 Å². The molecule has 2 aliphatic rings. The van der Waals surface area contributed by atoms with Gasteiger partial charge in [0.15, 0.2) is 17.5 Å². The van der Waals surface area contributed by atoms with Crippen molar-refractivity contribution < 1.29 is 14.7 Å². The van der Waals surface area contributed by atoms with Gasteiger partial charge in [-0.15, -0.1) is 0 Å². The van der Waals surface area contributed by atoms with Gasteiger partial charge in [-0.2, -0.15) is 5.10 Å². The summed E-state index contributed by atoms with van der Waals surface area (Å²) in [5.41, 5.74) is 2.32. The number of carbonyl (C=O) groups excluding carboxylic acids is 1. The van der Waals surface area contributed by atoms with Crippen LogP contribution in [0.2, 0.25) is 0 Å². The SMILES string of the molecule is C1CCCCC1.Cc1cc(-c2ncn[nH]2)c(F)cc1-c1cnc2c(n1)N(C)CC(=O)N2.O. The van der Waals surface area contributed by atoms with Gasteiger partial charge in [-0.05, 0) is 24.6 Å². The van der Waals surface area contributed by atoms with Gasteiger partial charge < -0.3 is 15.7 Å². The van der Waals surface area contributed by atoms with Crippen molar-refractivity contribution in [2.45, 2.75) is 45.4 Å². The number of hydrogen-bond acceptors (Lipinski definition) is 6. The molecule has 32 heavy (non-hydrogen) atoms. The van der Waals surface area contributed by atoms with Crippen LogP contribution in [0.5, 0.6) is 0 Å². The maximum Gasteiger partial charge on any atom is 0.245 e. The van der Waals surface area contributed by atoms with E-state index >= 15 is 0 Å². The maximum absolute atomic E-state index is 14.5. The number of amides is 1. The molecule has 0 unspecified atom stereocenters. The molecule has 4 N–H and O–H groups in total. The second-order valence-corrected chi connectivity index (χ2v) is 7.93. The number of aryl methyl sites for hydroxylation is 1. The topological polar surface area (TPSA) is 131 Å². The van der Waals surface area contributed by atoms with Gasteiger partial charge >= 0.3 is 0 Å². The molecule has 1 saturated carbocycles. The van der Waals surface area contributed by atoms with Crippen molar-refractivity contribution in [1.29, 1.82) is 0 Å². The van der Waals surface area contributed by atoms with E-state index in [-0.39, 0.29) is 17.9 Å². The average molecular weight is 442 g/mol. The second-order valence-electron chi connectivity index (χ2n) is 7.93. The zero-order valence-electron chi connectivity index (χ0n) is 18.3. The Labute approximate surface area is 185 Å². The number of nitrogens with one attached hydrogen (secondary N) is 2. The van der Waals surface area contributed by atoms with Crippen molar-refractivity contribution in [2.24, 2.45) is 0 Å². The van der Waals surface area contributed by atoms with Crippen LogP contribution in [0, 0.1) is 12.7 Å². The van der Waals surface area contributed by atoms with Gasteiger partial charge in [-0.3, -0.25) is 9.89 Å². The monoisotopic (exact) mass is 441 g/mol. The molecule has 1 aromatic carbocycles. The van der Waals surface area contributed by atoms with Crippen LogP contribution < -0.4 is 10.2 Å². The molecular weight excluding hydrogens is 413 g/mol. The zero-order valence-corrected chi connectivity index (χ0v) is 18.3. The van der Waals surface area contributed by atoms with E-state index in [2.05, 4.69) is 30.5 Å². The number of aromatic nitrogens is 5. The fourth-order valence-electron chi connectivity index (χ4n) is 3.86. The number of halogens is 1. The minimum atomic E-state index is -0.432. The van der Waals surface area contributed by atoms with E-state index in [0.717, 1.165) is 5.56 Å². The standard InChI is InChI=1S/C16H14FN7O.C6H12.H2O/c1-8-3-10(14-19-7-20-23-14)11(17)4-9(8)12-5-18-15-16(21-12)24(2)6-13(25)22-15;1-2-4-6-5-3-1;/h3-5,7H,6H2,1-2H3,(H,18,22,25)(H,19,20,23);1-6H2;1H2. The highest BCUT2D eigenvalue weighted by Crippen LogP contribution is 2.32. The Morgan fingerprint density at radius 2 is 1.72 bits per heavy atom. The summed E-state index contributed by atoms with van der Waals surface area (Å²) in [6, 6.07) is 3.10. The lowest BCUT2D eigenvalue weighted by Gasteiger charge is -2.25. The van der Waals surface area contributed by atoms with Gasteiger partial charge in [0.25, 0.3) is 0 Å². The van der Waals surface area contributed by atoms with Crippen molar-refractivity contribution in [1.82, 2.24) is 25.1 Å². The molecule has 0 radical (unpaired) electrons.